The highest BCUT2D eigenvalue weighted by Crippen LogP contribution is 2.42. The van der Waals surface area contributed by atoms with E-state index < -0.39 is 29.4 Å². The number of methoxy groups -OCH3 is 1. The Morgan fingerprint density at radius 3 is 2.52 bits per heavy atom. The van der Waals surface area contributed by atoms with E-state index in [4.69, 9.17) is 19.3 Å². The van der Waals surface area contributed by atoms with Gasteiger partial charge in [-0.05, 0) is 38.7 Å². The third kappa shape index (κ3) is 5.41. The normalized spacial score (nSPS) is 26.5. The molecule has 142 valence electrons. The van der Waals surface area contributed by atoms with E-state index in [1.165, 1.54) is 7.11 Å². The Morgan fingerprint density at radius 2 is 2.00 bits per heavy atom. The maximum absolute atomic E-state index is 12.6. The lowest BCUT2D eigenvalue weighted by Crippen LogP contribution is -2.49. The van der Waals surface area contributed by atoms with Gasteiger partial charge in [0.15, 0.2) is 5.79 Å². The molecule has 1 saturated heterocycles. The van der Waals surface area contributed by atoms with Crippen LogP contribution in [0.15, 0.2) is 24.3 Å². The summed E-state index contributed by atoms with van der Waals surface area (Å²) in [6.45, 7) is 11.4. The number of carboxylic acid groups (broad SMARTS) is 1. The van der Waals surface area contributed by atoms with Gasteiger partial charge in [0.05, 0.1) is 7.11 Å². The summed E-state index contributed by atoms with van der Waals surface area (Å²) in [6.07, 6.45) is 4.70. The summed E-state index contributed by atoms with van der Waals surface area (Å²) in [6, 6.07) is 0. The topological polar surface area (TPSA) is 82.1 Å². The van der Waals surface area contributed by atoms with Crippen LogP contribution < -0.4 is 0 Å². The number of ether oxygens (including phenoxy) is 3. The van der Waals surface area contributed by atoms with E-state index in [2.05, 4.69) is 6.58 Å². The molecule has 1 fully saturated rings. The van der Waals surface area contributed by atoms with Crippen molar-refractivity contribution in [3.8, 4) is 0 Å². The summed E-state index contributed by atoms with van der Waals surface area (Å²) in [5, 5.41) is 8.73. The number of carboxylic acids is 1. The largest absolute Gasteiger partial charge is 0.481 e. The summed E-state index contributed by atoms with van der Waals surface area (Å²) >= 11 is 0. The van der Waals surface area contributed by atoms with Crippen LogP contribution >= 0.6 is 0 Å². The van der Waals surface area contributed by atoms with Crippen molar-refractivity contribution in [1.82, 2.24) is 0 Å². The molecule has 6 heteroatoms. The third-order valence-electron chi connectivity index (χ3n) is 4.38. The molecule has 0 aromatic rings. The molecule has 0 radical (unpaired) electrons. The van der Waals surface area contributed by atoms with Crippen LogP contribution in [-0.4, -0.2) is 41.6 Å². The standard InChI is InChI=1S/C19H30O6/c1-7-14(3)16-19(17(22)23-6,25-18(4,5)24-16)12-8-9-13(2)10-11-15(20)21/h8,12,14,16H,2,7,9-11H2,1,3-6H3,(H,20,21)/b12-8+/t14-,16+,19-/m0/s1. The smallest absolute Gasteiger partial charge is 0.345 e. The first-order valence-electron chi connectivity index (χ1n) is 8.60. The summed E-state index contributed by atoms with van der Waals surface area (Å²) < 4.78 is 17.0. The lowest BCUT2D eigenvalue weighted by molar-refractivity contribution is -0.179. The van der Waals surface area contributed by atoms with Crippen LogP contribution in [0, 0.1) is 5.92 Å². The van der Waals surface area contributed by atoms with Crippen molar-refractivity contribution in [2.45, 2.75) is 70.9 Å². The first-order valence-corrected chi connectivity index (χ1v) is 8.60. The summed E-state index contributed by atoms with van der Waals surface area (Å²) in [5.74, 6) is -2.19. The fourth-order valence-electron chi connectivity index (χ4n) is 2.94. The summed E-state index contributed by atoms with van der Waals surface area (Å²) in [7, 11) is 1.33. The number of carbonyl (C=O) groups is 2. The molecule has 0 aromatic heterocycles. The zero-order valence-corrected chi connectivity index (χ0v) is 15.8. The Labute approximate surface area is 149 Å². The lowest BCUT2D eigenvalue weighted by atomic mass is 9.85. The quantitative estimate of drug-likeness (QED) is 0.504. The SMILES string of the molecule is C=C(C/C=C/[C@]1(C(=O)OC)OC(C)(C)O[C@@H]1[C@@H](C)CC)CCC(=O)O. The number of esters is 1. The monoisotopic (exact) mass is 354 g/mol. The van der Waals surface area contributed by atoms with E-state index in [0.29, 0.717) is 12.8 Å². The van der Waals surface area contributed by atoms with Gasteiger partial charge in [-0.3, -0.25) is 4.79 Å². The van der Waals surface area contributed by atoms with Gasteiger partial charge in [-0.1, -0.05) is 38.5 Å². The molecule has 1 aliphatic heterocycles. The minimum atomic E-state index is -1.32. The molecule has 1 heterocycles. The molecule has 3 atom stereocenters. The molecule has 0 saturated carbocycles. The first kappa shape index (κ1) is 21.4. The molecule has 1 rings (SSSR count). The number of allylic oxidation sites excluding steroid dienone is 2. The Kier molecular flexibility index (Phi) is 7.38. The third-order valence-corrected chi connectivity index (χ3v) is 4.38. The summed E-state index contributed by atoms with van der Waals surface area (Å²) in [5.41, 5.74) is -0.544. The van der Waals surface area contributed by atoms with Crippen LogP contribution in [0.5, 0.6) is 0 Å². The van der Waals surface area contributed by atoms with Crippen molar-refractivity contribution in [3.63, 3.8) is 0 Å². The summed E-state index contributed by atoms with van der Waals surface area (Å²) in [4.78, 5) is 23.2. The number of rotatable bonds is 9. The highest BCUT2D eigenvalue weighted by Gasteiger charge is 2.59. The van der Waals surface area contributed by atoms with Crippen LogP contribution in [0.3, 0.4) is 0 Å². The van der Waals surface area contributed by atoms with Gasteiger partial charge in [-0.25, -0.2) is 4.79 Å². The zero-order valence-electron chi connectivity index (χ0n) is 15.8. The number of aliphatic carboxylic acids is 1. The van der Waals surface area contributed by atoms with Gasteiger partial charge in [0.25, 0.3) is 0 Å². The fraction of sp³-hybridized carbons (Fsp3) is 0.684. The van der Waals surface area contributed by atoms with Gasteiger partial charge in [0, 0.05) is 6.42 Å². The number of hydrogen-bond acceptors (Lipinski definition) is 5. The van der Waals surface area contributed by atoms with Gasteiger partial charge in [0.1, 0.15) is 6.10 Å². The van der Waals surface area contributed by atoms with Gasteiger partial charge >= 0.3 is 11.9 Å². The molecule has 0 amide bonds. The fourth-order valence-corrected chi connectivity index (χ4v) is 2.94. The van der Waals surface area contributed by atoms with Gasteiger partial charge in [-0.15, -0.1) is 0 Å². The first-order chi connectivity index (χ1) is 11.6. The van der Waals surface area contributed by atoms with E-state index in [-0.39, 0.29) is 12.3 Å². The van der Waals surface area contributed by atoms with Crippen molar-refractivity contribution in [2.75, 3.05) is 7.11 Å². The molecule has 6 nitrogen and oxygen atoms in total. The van der Waals surface area contributed by atoms with Crippen LogP contribution in [0.25, 0.3) is 0 Å². The van der Waals surface area contributed by atoms with E-state index in [9.17, 15) is 9.59 Å². The molecular weight excluding hydrogens is 324 g/mol. The van der Waals surface area contributed by atoms with Gasteiger partial charge < -0.3 is 19.3 Å². The Balaban J connectivity index is 3.02. The predicted octanol–water partition coefficient (Wildman–Crippen LogP) is 3.46. The second-order valence-electron chi connectivity index (χ2n) is 6.96. The van der Waals surface area contributed by atoms with E-state index in [0.717, 1.165) is 12.0 Å². The van der Waals surface area contributed by atoms with E-state index >= 15 is 0 Å². The van der Waals surface area contributed by atoms with E-state index in [1.54, 1.807) is 26.0 Å². The van der Waals surface area contributed by atoms with Crippen LogP contribution in [0.2, 0.25) is 0 Å². The molecule has 0 bridgehead atoms. The maximum atomic E-state index is 12.6. The molecular formula is C19H30O6. The molecule has 1 aliphatic rings. The molecule has 0 unspecified atom stereocenters. The maximum Gasteiger partial charge on any atom is 0.345 e. The minimum absolute atomic E-state index is 0.0386. The van der Waals surface area contributed by atoms with Crippen LogP contribution in [0.4, 0.5) is 0 Å². The Hall–Kier alpha value is -1.66. The van der Waals surface area contributed by atoms with Crippen LogP contribution in [0.1, 0.15) is 53.4 Å². The van der Waals surface area contributed by atoms with Crippen LogP contribution in [-0.2, 0) is 23.8 Å². The van der Waals surface area contributed by atoms with Crippen molar-refractivity contribution < 1.29 is 28.9 Å². The molecule has 0 aliphatic carbocycles. The predicted molar refractivity (Wildman–Crippen MR) is 94.0 cm³/mol. The molecule has 1 N–H and O–H groups in total. The number of carbonyl (C=O) groups excluding carboxylic acids is 1. The Morgan fingerprint density at radius 1 is 1.36 bits per heavy atom. The zero-order chi connectivity index (χ0) is 19.3. The average molecular weight is 354 g/mol. The van der Waals surface area contributed by atoms with Crippen molar-refractivity contribution in [1.29, 1.82) is 0 Å². The van der Waals surface area contributed by atoms with Gasteiger partial charge in [-0.2, -0.15) is 0 Å². The lowest BCUT2D eigenvalue weighted by Gasteiger charge is -2.30. The van der Waals surface area contributed by atoms with Crippen molar-refractivity contribution in [2.24, 2.45) is 5.92 Å². The second kappa shape index (κ2) is 8.63. The van der Waals surface area contributed by atoms with Crippen molar-refractivity contribution >= 4 is 11.9 Å². The average Bonchev–Trinajstić information content (AvgIpc) is 2.83. The highest BCUT2D eigenvalue weighted by molar-refractivity contribution is 5.83. The molecule has 0 spiro atoms. The molecule has 0 aromatic carbocycles. The highest BCUT2D eigenvalue weighted by atomic mass is 16.8. The van der Waals surface area contributed by atoms with Gasteiger partial charge in [0.2, 0.25) is 5.60 Å². The minimum Gasteiger partial charge on any atom is -0.481 e. The Bertz CT molecular complexity index is 536. The van der Waals surface area contributed by atoms with Crippen molar-refractivity contribution in [3.05, 3.63) is 24.3 Å². The van der Waals surface area contributed by atoms with E-state index in [1.807, 2.05) is 13.8 Å². The molecule has 25 heavy (non-hydrogen) atoms. The number of hydrogen-bond donors (Lipinski definition) is 1. The second-order valence-corrected chi connectivity index (χ2v) is 6.96.